The molecule has 4 heteroatoms. The number of nitrogen functional groups attached to an aromatic ring is 1. The molecule has 0 radical (unpaired) electrons. The predicted molar refractivity (Wildman–Crippen MR) is 69.0 cm³/mol. The Kier molecular flexibility index (Phi) is 3.19. The Bertz CT molecular complexity index is 511. The van der Waals surface area contributed by atoms with Gasteiger partial charge in [-0.2, -0.15) is 0 Å². The molecule has 0 unspecified atom stereocenters. The van der Waals surface area contributed by atoms with Gasteiger partial charge in [0.1, 0.15) is 11.6 Å². The summed E-state index contributed by atoms with van der Waals surface area (Å²) in [5.74, 6) is 1.29. The van der Waals surface area contributed by atoms with Crippen molar-refractivity contribution in [2.75, 3.05) is 5.73 Å². The molecular formula is C12H12BrN3. The molecule has 0 aliphatic heterocycles. The largest absolute Gasteiger partial charge is 0.384 e. The van der Waals surface area contributed by atoms with Crippen LogP contribution in [0.2, 0.25) is 0 Å². The zero-order valence-corrected chi connectivity index (χ0v) is 10.5. The van der Waals surface area contributed by atoms with Crippen molar-refractivity contribution in [2.45, 2.75) is 13.3 Å². The lowest BCUT2D eigenvalue weighted by molar-refractivity contribution is 0.949. The SMILES string of the molecule is CCc1nc(N)cc(-c2cccc(Br)c2)n1. The van der Waals surface area contributed by atoms with E-state index in [4.69, 9.17) is 5.73 Å². The molecule has 2 aromatic rings. The van der Waals surface area contributed by atoms with Crippen LogP contribution in [0.1, 0.15) is 12.7 Å². The fraction of sp³-hybridized carbons (Fsp3) is 0.167. The highest BCUT2D eigenvalue weighted by Gasteiger charge is 2.04. The number of benzene rings is 1. The maximum Gasteiger partial charge on any atom is 0.131 e. The summed E-state index contributed by atoms with van der Waals surface area (Å²) in [6.45, 7) is 2.01. The molecule has 0 bridgehead atoms. The van der Waals surface area contributed by atoms with Crippen molar-refractivity contribution in [3.63, 3.8) is 0 Å². The van der Waals surface area contributed by atoms with Crippen LogP contribution in [0.15, 0.2) is 34.8 Å². The Balaban J connectivity index is 2.51. The van der Waals surface area contributed by atoms with Gasteiger partial charge in [-0.05, 0) is 12.1 Å². The first-order valence-electron chi connectivity index (χ1n) is 5.08. The predicted octanol–water partition coefficient (Wildman–Crippen LogP) is 3.05. The van der Waals surface area contributed by atoms with Gasteiger partial charge in [-0.15, -0.1) is 0 Å². The molecule has 2 N–H and O–H groups in total. The van der Waals surface area contributed by atoms with Gasteiger partial charge in [-0.1, -0.05) is 35.0 Å². The highest BCUT2D eigenvalue weighted by atomic mass is 79.9. The van der Waals surface area contributed by atoms with Crippen LogP contribution >= 0.6 is 15.9 Å². The lowest BCUT2D eigenvalue weighted by Crippen LogP contribution is -1.99. The van der Waals surface area contributed by atoms with Crippen molar-refractivity contribution >= 4 is 21.7 Å². The highest BCUT2D eigenvalue weighted by Crippen LogP contribution is 2.22. The van der Waals surface area contributed by atoms with E-state index < -0.39 is 0 Å². The fourth-order valence-corrected chi connectivity index (χ4v) is 1.87. The zero-order valence-electron chi connectivity index (χ0n) is 8.94. The molecule has 0 spiro atoms. The molecule has 0 saturated heterocycles. The summed E-state index contributed by atoms with van der Waals surface area (Å²) in [4.78, 5) is 8.61. The molecule has 0 amide bonds. The Labute approximate surface area is 103 Å². The van der Waals surface area contributed by atoms with Crippen molar-refractivity contribution in [1.82, 2.24) is 9.97 Å². The third-order valence-corrected chi connectivity index (χ3v) is 2.72. The number of halogens is 1. The molecule has 16 heavy (non-hydrogen) atoms. The standard InChI is InChI=1S/C12H12BrN3/c1-2-12-15-10(7-11(14)16-12)8-4-3-5-9(13)6-8/h3-7H,2H2,1H3,(H2,14,15,16). The molecule has 0 saturated carbocycles. The van der Waals surface area contributed by atoms with E-state index in [1.807, 2.05) is 31.2 Å². The molecule has 0 aliphatic carbocycles. The van der Waals surface area contributed by atoms with Gasteiger partial charge in [-0.3, -0.25) is 0 Å². The molecule has 0 aliphatic rings. The van der Waals surface area contributed by atoms with Crippen LogP contribution in [-0.2, 0) is 6.42 Å². The molecule has 1 heterocycles. The first kappa shape index (κ1) is 11.1. The number of anilines is 1. The van der Waals surface area contributed by atoms with E-state index in [0.29, 0.717) is 5.82 Å². The summed E-state index contributed by atoms with van der Waals surface area (Å²) in [6.07, 6.45) is 0.784. The maximum absolute atomic E-state index is 5.75. The summed E-state index contributed by atoms with van der Waals surface area (Å²) in [5.41, 5.74) is 7.65. The maximum atomic E-state index is 5.75. The summed E-state index contributed by atoms with van der Waals surface area (Å²) in [7, 11) is 0. The summed E-state index contributed by atoms with van der Waals surface area (Å²) in [6, 6.07) is 9.77. The van der Waals surface area contributed by atoms with Crippen molar-refractivity contribution in [3.05, 3.63) is 40.6 Å². The first-order chi connectivity index (χ1) is 7.69. The van der Waals surface area contributed by atoms with Crippen molar-refractivity contribution in [2.24, 2.45) is 0 Å². The Morgan fingerprint density at radius 2 is 2.06 bits per heavy atom. The van der Waals surface area contributed by atoms with Gasteiger partial charge >= 0.3 is 0 Å². The number of hydrogen-bond donors (Lipinski definition) is 1. The van der Waals surface area contributed by atoms with Gasteiger partial charge in [0, 0.05) is 22.5 Å². The monoisotopic (exact) mass is 277 g/mol. The van der Waals surface area contributed by atoms with E-state index in [0.717, 1.165) is 28.0 Å². The minimum atomic E-state index is 0.516. The van der Waals surface area contributed by atoms with Gasteiger partial charge in [0.25, 0.3) is 0 Å². The van der Waals surface area contributed by atoms with E-state index in [-0.39, 0.29) is 0 Å². The first-order valence-corrected chi connectivity index (χ1v) is 5.87. The van der Waals surface area contributed by atoms with Crippen molar-refractivity contribution in [3.8, 4) is 11.3 Å². The number of nitrogens with two attached hydrogens (primary N) is 1. The average molecular weight is 278 g/mol. The van der Waals surface area contributed by atoms with Crippen LogP contribution in [0, 0.1) is 0 Å². The minimum absolute atomic E-state index is 0.516. The lowest BCUT2D eigenvalue weighted by Gasteiger charge is -2.05. The molecule has 0 fully saturated rings. The van der Waals surface area contributed by atoms with Crippen molar-refractivity contribution < 1.29 is 0 Å². The second kappa shape index (κ2) is 4.61. The van der Waals surface area contributed by atoms with Crippen molar-refractivity contribution in [1.29, 1.82) is 0 Å². The minimum Gasteiger partial charge on any atom is -0.384 e. The second-order valence-electron chi connectivity index (χ2n) is 3.46. The normalized spacial score (nSPS) is 10.4. The number of aromatic nitrogens is 2. The summed E-state index contributed by atoms with van der Waals surface area (Å²) in [5, 5.41) is 0. The molecule has 0 atom stereocenters. The van der Waals surface area contributed by atoms with Crippen LogP contribution in [0.25, 0.3) is 11.3 Å². The molecule has 1 aromatic heterocycles. The number of hydrogen-bond acceptors (Lipinski definition) is 3. The Morgan fingerprint density at radius 1 is 1.25 bits per heavy atom. The van der Waals surface area contributed by atoms with Crippen LogP contribution in [-0.4, -0.2) is 9.97 Å². The number of rotatable bonds is 2. The van der Waals surface area contributed by atoms with E-state index in [2.05, 4.69) is 25.9 Å². The molecule has 3 nitrogen and oxygen atoms in total. The van der Waals surface area contributed by atoms with Gasteiger partial charge in [0.15, 0.2) is 0 Å². The van der Waals surface area contributed by atoms with Gasteiger partial charge in [-0.25, -0.2) is 9.97 Å². The van der Waals surface area contributed by atoms with Crippen LogP contribution in [0.3, 0.4) is 0 Å². The number of aryl methyl sites for hydroxylation is 1. The van der Waals surface area contributed by atoms with Gasteiger partial charge < -0.3 is 5.73 Å². The summed E-state index contributed by atoms with van der Waals surface area (Å²) < 4.78 is 1.03. The fourth-order valence-electron chi connectivity index (χ4n) is 1.47. The molecule has 82 valence electrons. The molecule has 2 rings (SSSR count). The van der Waals surface area contributed by atoms with E-state index in [1.165, 1.54) is 0 Å². The van der Waals surface area contributed by atoms with Crippen LogP contribution in [0.5, 0.6) is 0 Å². The number of nitrogens with zero attached hydrogens (tertiary/aromatic N) is 2. The van der Waals surface area contributed by atoms with Gasteiger partial charge in [0.2, 0.25) is 0 Å². The lowest BCUT2D eigenvalue weighted by atomic mass is 10.1. The Morgan fingerprint density at radius 3 is 2.75 bits per heavy atom. The van der Waals surface area contributed by atoms with E-state index in [1.54, 1.807) is 6.07 Å². The molecule has 1 aromatic carbocycles. The quantitative estimate of drug-likeness (QED) is 0.918. The Hall–Kier alpha value is -1.42. The zero-order chi connectivity index (χ0) is 11.5. The summed E-state index contributed by atoms with van der Waals surface area (Å²) >= 11 is 3.44. The highest BCUT2D eigenvalue weighted by molar-refractivity contribution is 9.10. The molecular weight excluding hydrogens is 266 g/mol. The topological polar surface area (TPSA) is 51.8 Å². The van der Waals surface area contributed by atoms with Crippen LogP contribution in [0.4, 0.5) is 5.82 Å². The van der Waals surface area contributed by atoms with E-state index >= 15 is 0 Å². The van der Waals surface area contributed by atoms with Crippen LogP contribution < -0.4 is 5.73 Å². The van der Waals surface area contributed by atoms with Gasteiger partial charge in [0.05, 0.1) is 5.69 Å². The average Bonchev–Trinajstić information content (AvgIpc) is 2.28. The third-order valence-electron chi connectivity index (χ3n) is 2.23. The smallest absolute Gasteiger partial charge is 0.131 e. The van der Waals surface area contributed by atoms with E-state index in [9.17, 15) is 0 Å². The third kappa shape index (κ3) is 2.39. The second-order valence-corrected chi connectivity index (χ2v) is 4.37.